The van der Waals surface area contributed by atoms with Gasteiger partial charge in [-0.25, -0.2) is 4.39 Å². The van der Waals surface area contributed by atoms with Gasteiger partial charge >= 0.3 is 0 Å². The van der Waals surface area contributed by atoms with Crippen LogP contribution in [0, 0.1) is 12.7 Å². The predicted molar refractivity (Wildman–Crippen MR) is 72.9 cm³/mol. The lowest BCUT2D eigenvalue weighted by atomic mass is 10.1. The summed E-state index contributed by atoms with van der Waals surface area (Å²) < 4.78 is 18.9. The quantitative estimate of drug-likeness (QED) is 0.884. The fourth-order valence-corrected chi connectivity index (χ4v) is 1.88. The van der Waals surface area contributed by atoms with Crippen molar-refractivity contribution < 1.29 is 14.2 Å². The predicted octanol–water partition coefficient (Wildman–Crippen LogP) is 4.37. The number of aliphatic hydroxyl groups is 1. The van der Waals surface area contributed by atoms with Crippen molar-refractivity contribution in [3.05, 3.63) is 59.4 Å². The van der Waals surface area contributed by atoms with Gasteiger partial charge in [0, 0.05) is 5.56 Å². The first-order valence-electron chi connectivity index (χ1n) is 6.32. The first-order valence-corrected chi connectivity index (χ1v) is 6.32. The minimum Gasteiger partial charge on any atom is -0.457 e. The van der Waals surface area contributed by atoms with Crippen molar-refractivity contribution in [3.63, 3.8) is 0 Å². The maximum absolute atomic E-state index is 13.2. The number of aryl methyl sites for hydroxylation is 1. The molecule has 0 bridgehead atoms. The molecule has 2 nitrogen and oxygen atoms in total. The molecule has 0 radical (unpaired) electrons. The molecule has 2 rings (SSSR count). The molecule has 2 aromatic rings. The number of hydrogen-bond donors (Lipinski definition) is 1. The molecule has 0 fully saturated rings. The van der Waals surface area contributed by atoms with Crippen molar-refractivity contribution in [1.82, 2.24) is 0 Å². The van der Waals surface area contributed by atoms with Gasteiger partial charge in [0.2, 0.25) is 0 Å². The van der Waals surface area contributed by atoms with Crippen LogP contribution in [0.4, 0.5) is 4.39 Å². The van der Waals surface area contributed by atoms with Gasteiger partial charge in [0.1, 0.15) is 17.3 Å². The fraction of sp³-hybridized carbons (Fsp3) is 0.250. The summed E-state index contributed by atoms with van der Waals surface area (Å²) in [6.07, 6.45) is 0.0563. The van der Waals surface area contributed by atoms with Gasteiger partial charge in [-0.1, -0.05) is 25.1 Å². The van der Waals surface area contributed by atoms with E-state index >= 15 is 0 Å². The second-order valence-electron chi connectivity index (χ2n) is 4.47. The summed E-state index contributed by atoms with van der Waals surface area (Å²) in [5, 5.41) is 9.95. The Kier molecular flexibility index (Phi) is 4.17. The van der Waals surface area contributed by atoms with Gasteiger partial charge in [-0.15, -0.1) is 0 Å². The second-order valence-corrected chi connectivity index (χ2v) is 4.47. The maximum Gasteiger partial charge on any atom is 0.133 e. The minimum absolute atomic E-state index is 0.255. The van der Waals surface area contributed by atoms with Crippen LogP contribution in [0.25, 0.3) is 0 Å². The molecule has 100 valence electrons. The molecule has 1 N–H and O–H groups in total. The number of ether oxygens (including phenoxy) is 1. The Morgan fingerprint density at radius 3 is 2.63 bits per heavy atom. The van der Waals surface area contributed by atoms with E-state index in [1.165, 1.54) is 6.07 Å². The Morgan fingerprint density at radius 1 is 1.21 bits per heavy atom. The SMILES string of the molecule is CC[C@H](O)c1ccccc1Oc1ccc(F)c(C)c1. The lowest BCUT2D eigenvalue weighted by Gasteiger charge is -2.15. The molecule has 3 heteroatoms. The summed E-state index contributed by atoms with van der Waals surface area (Å²) in [5.41, 5.74) is 1.28. The first-order chi connectivity index (χ1) is 9.11. The van der Waals surface area contributed by atoms with E-state index in [-0.39, 0.29) is 5.82 Å². The zero-order chi connectivity index (χ0) is 13.8. The fourth-order valence-electron chi connectivity index (χ4n) is 1.88. The van der Waals surface area contributed by atoms with Gasteiger partial charge in [0.05, 0.1) is 6.10 Å². The lowest BCUT2D eigenvalue weighted by molar-refractivity contribution is 0.170. The van der Waals surface area contributed by atoms with Gasteiger partial charge in [-0.2, -0.15) is 0 Å². The van der Waals surface area contributed by atoms with Crippen LogP contribution in [0.15, 0.2) is 42.5 Å². The number of rotatable bonds is 4. The third kappa shape index (κ3) is 3.12. The molecule has 0 unspecified atom stereocenters. The number of aliphatic hydroxyl groups excluding tert-OH is 1. The highest BCUT2D eigenvalue weighted by atomic mass is 19.1. The Hall–Kier alpha value is -1.87. The number of benzene rings is 2. The molecule has 0 aliphatic rings. The van der Waals surface area contributed by atoms with Crippen LogP contribution in [-0.2, 0) is 0 Å². The summed E-state index contributed by atoms with van der Waals surface area (Å²) in [7, 11) is 0. The van der Waals surface area contributed by atoms with Crippen LogP contribution in [0.3, 0.4) is 0 Å². The molecule has 19 heavy (non-hydrogen) atoms. The molecule has 0 aromatic heterocycles. The third-order valence-electron chi connectivity index (χ3n) is 3.02. The standard InChI is InChI=1S/C16H17FO2/c1-3-15(18)13-6-4-5-7-16(13)19-12-8-9-14(17)11(2)10-12/h4-10,15,18H,3H2,1-2H3/t15-/m0/s1. The molecule has 2 aromatic carbocycles. The van der Waals surface area contributed by atoms with E-state index in [9.17, 15) is 9.50 Å². The van der Waals surface area contributed by atoms with E-state index in [0.29, 0.717) is 23.5 Å². The van der Waals surface area contributed by atoms with E-state index in [4.69, 9.17) is 4.74 Å². The largest absolute Gasteiger partial charge is 0.457 e. The molecule has 0 amide bonds. The van der Waals surface area contributed by atoms with Crippen LogP contribution in [0.1, 0.15) is 30.6 Å². The van der Waals surface area contributed by atoms with Crippen LogP contribution < -0.4 is 4.74 Å². The van der Waals surface area contributed by atoms with E-state index in [2.05, 4.69) is 0 Å². The molecule has 0 saturated carbocycles. The Balaban J connectivity index is 2.30. The van der Waals surface area contributed by atoms with Crippen LogP contribution >= 0.6 is 0 Å². The van der Waals surface area contributed by atoms with Crippen LogP contribution in [0.2, 0.25) is 0 Å². The number of para-hydroxylation sites is 1. The number of hydrogen-bond acceptors (Lipinski definition) is 2. The average Bonchev–Trinajstić information content (AvgIpc) is 2.43. The molecular formula is C16H17FO2. The van der Waals surface area contributed by atoms with E-state index in [0.717, 1.165) is 5.56 Å². The van der Waals surface area contributed by atoms with Crippen molar-refractivity contribution in [2.75, 3.05) is 0 Å². The highest BCUT2D eigenvalue weighted by Gasteiger charge is 2.12. The summed E-state index contributed by atoms with van der Waals surface area (Å²) in [6.45, 7) is 3.60. The van der Waals surface area contributed by atoms with E-state index < -0.39 is 6.10 Å². The van der Waals surface area contributed by atoms with Crippen molar-refractivity contribution in [2.24, 2.45) is 0 Å². The zero-order valence-electron chi connectivity index (χ0n) is 11.1. The topological polar surface area (TPSA) is 29.5 Å². The maximum atomic E-state index is 13.2. The van der Waals surface area contributed by atoms with Gasteiger partial charge in [0.15, 0.2) is 0 Å². The van der Waals surface area contributed by atoms with Gasteiger partial charge in [0.25, 0.3) is 0 Å². The normalized spacial score (nSPS) is 12.2. The monoisotopic (exact) mass is 260 g/mol. The van der Waals surface area contributed by atoms with Gasteiger partial charge in [-0.05, 0) is 43.2 Å². The Bertz CT molecular complexity index is 566. The third-order valence-corrected chi connectivity index (χ3v) is 3.02. The molecule has 0 heterocycles. The minimum atomic E-state index is -0.558. The van der Waals surface area contributed by atoms with Crippen molar-refractivity contribution in [1.29, 1.82) is 0 Å². The number of halogens is 1. The summed E-state index contributed by atoms with van der Waals surface area (Å²) in [6, 6.07) is 11.9. The van der Waals surface area contributed by atoms with Crippen molar-refractivity contribution in [3.8, 4) is 11.5 Å². The molecule has 0 saturated heterocycles. The molecule has 0 aliphatic heterocycles. The van der Waals surface area contributed by atoms with E-state index in [1.807, 2.05) is 25.1 Å². The first kappa shape index (κ1) is 13.6. The Labute approximate surface area is 112 Å². The second kappa shape index (κ2) is 5.85. The lowest BCUT2D eigenvalue weighted by Crippen LogP contribution is -1.98. The molecular weight excluding hydrogens is 243 g/mol. The van der Waals surface area contributed by atoms with Gasteiger partial charge < -0.3 is 9.84 Å². The van der Waals surface area contributed by atoms with Crippen LogP contribution in [-0.4, -0.2) is 5.11 Å². The highest BCUT2D eigenvalue weighted by molar-refractivity contribution is 5.40. The molecule has 0 aliphatic carbocycles. The zero-order valence-corrected chi connectivity index (χ0v) is 11.1. The smallest absolute Gasteiger partial charge is 0.133 e. The molecule has 1 atom stereocenters. The average molecular weight is 260 g/mol. The summed E-state index contributed by atoms with van der Waals surface area (Å²) >= 11 is 0. The van der Waals surface area contributed by atoms with Crippen molar-refractivity contribution in [2.45, 2.75) is 26.4 Å². The Morgan fingerprint density at radius 2 is 1.95 bits per heavy atom. The summed E-state index contributed by atoms with van der Waals surface area (Å²) in [5.74, 6) is 0.909. The van der Waals surface area contributed by atoms with Crippen molar-refractivity contribution >= 4 is 0 Å². The molecule has 0 spiro atoms. The van der Waals surface area contributed by atoms with E-state index in [1.54, 1.807) is 25.1 Å². The highest BCUT2D eigenvalue weighted by Crippen LogP contribution is 2.31. The summed E-state index contributed by atoms with van der Waals surface area (Å²) in [4.78, 5) is 0. The van der Waals surface area contributed by atoms with Crippen LogP contribution in [0.5, 0.6) is 11.5 Å². The van der Waals surface area contributed by atoms with Gasteiger partial charge in [-0.3, -0.25) is 0 Å².